The number of hydrogen-bond donors (Lipinski definition) is 4. The maximum atomic E-state index is 13.9. The molecule has 0 fully saturated rings. The third kappa shape index (κ3) is 6.64. The van der Waals surface area contributed by atoms with Crippen molar-refractivity contribution in [3.05, 3.63) is 83.0 Å². The fourth-order valence-corrected chi connectivity index (χ4v) is 5.03. The van der Waals surface area contributed by atoms with Gasteiger partial charge in [-0.05, 0) is 53.8 Å². The average Bonchev–Trinajstić information content (AvgIpc) is 3.37. The number of carbonyl (C=O) groups is 3. The second kappa shape index (κ2) is 11.1. The molecule has 3 rings (SSSR count). The lowest BCUT2D eigenvalue weighted by molar-refractivity contribution is -0.124. The van der Waals surface area contributed by atoms with Gasteiger partial charge in [0.2, 0.25) is 0 Å². The van der Waals surface area contributed by atoms with Gasteiger partial charge in [-0.2, -0.15) is 0 Å². The van der Waals surface area contributed by atoms with Crippen LogP contribution in [0.3, 0.4) is 0 Å². The largest absolute Gasteiger partial charge is 0.340 e. The van der Waals surface area contributed by atoms with Gasteiger partial charge in [0.1, 0.15) is 16.1 Å². The van der Waals surface area contributed by atoms with Crippen LogP contribution in [0.2, 0.25) is 0 Å². The molecule has 12 heteroatoms. The van der Waals surface area contributed by atoms with Gasteiger partial charge in [0.05, 0.1) is 5.56 Å². The number of hydrogen-bond acceptors (Lipinski definition) is 6. The van der Waals surface area contributed by atoms with Crippen molar-refractivity contribution in [3.63, 3.8) is 0 Å². The SMILES string of the molecule is CC(C)[C@@H](NC(=O)c1ccccc1F)C(=O)NNC(=O)c1ccc(NS(=O)(=O)c2cccs2)cc1. The number of thiophene rings is 1. The summed E-state index contributed by atoms with van der Waals surface area (Å²) in [4.78, 5) is 37.4. The van der Waals surface area contributed by atoms with Crippen molar-refractivity contribution < 1.29 is 27.2 Å². The molecule has 3 aromatic rings. The first-order chi connectivity index (χ1) is 16.6. The fourth-order valence-electron chi connectivity index (χ4n) is 2.98. The van der Waals surface area contributed by atoms with Crippen LogP contribution in [0.4, 0.5) is 10.1 Å². The number of anilines is 1. The van der Waals surface area contributed by atoms with Crippen LogP contribution in [-0.4, -0.2) is 32.2 Å². The minimum atomic E-state index is -3.72. The van der Waals surface area contributed by atoms with Gasteiger partial charge in [-0.25, -0.2) is 12.8 Å². The maximum Gasteiger partial charge on any atom is 0.271 e. The molecule has 0 unspecified atom stereocenters. The highest BCUT2D eigenvalue weighted by atomic mass is 32.2. The summed E-state index contributed by atoms with van der Waals surface area (Å²) in [5, 5.41) is 4.12. The van der Waals surface area contributed by atoms with Crippen molar-refractivity contribution in [2.75, 3.05) is 4.72 Å². The highest BCUT2D eigenvalue weighted by Crippen LogP contribution is 2.20. The summed E-state index contributed by atoms with van der Waals surface area (Å²) < 4.78 is 41.0. The number of nitrogens with one attached hydrogen (secondary N) is 4. The number of rotatable bonds is 8. The molecule has 3 amide bonds. The molecule has 0 saturated heterocycles. The molecule has 0 radical (unpaired) electrons. The fraction of sp³-hybridized carbons (Fsp3) is 0.174. The molecule has 1 aromatic heterocycles. The van der Waals surface area contributed by atoms with Gasteiger partial charge in [0.15, 0.2) is 0 Å². The Bertz CT molecular complexity index is 1310. The molecule has 0 aliphatic rings. The second-order valence-electron chi connectivity index (χ2n) is 7.73. The number of benzene rings is 2. The predicted octanol–water partition coefficient (Wildman–Crippen LogP) is 2.90. The van der Waals surface area contributed by atoms with Gasteiger partial charge in [-0.15, -0.1) is 11.3 Å². The van der Waals surface area contributed by atoms with E-state index in [1.807, 2.05) is 0 Å². The summed E-state index contributed by atoms with van der Waals surface area (Å²) in [6, 6.07) is 13.0. The number of amides is 3. The van der Waals surface area contributed by atoms with Crippen LogP contribution >= 0.6 is 11.3 Å². The Morgan fingerprint density at radius 3 is 2.17 bits per heavy atom. The van der Waals surface area contributed by atoms with Crippen molar-refractivity contribution in [2.24, 2.45) is 5.92 Å². The highest BCUT2D eigenvalue weighted by molar-refractivity contribution is 7.94. The summed E-state index contributed by atoms with van der Waals surface area (Å²) in [6.45, 7) is 3.37. The summed E-state index contributed by atoms with van der Waals surface area (Å²) in [5.74, 6) is -3.20. The number of sulfonamides is 1. The zero-order valence-electron chi connectivity index (χ0n) is 18.7. The molecule has 2 aromatic carbocycles. The van der Waals surface area contributed by atoms with E-state index in [-0.39, 0.29) is 26.9 Å². The van der Waals surface area contributed by atoms with E-state index in [0.717, 1.165) is 17.4 Å². The Balaban J connectivity index is 1.58. The lowest BCUT2D eigenvalue weighted by Gasteiger charge is -2.22. The van der Waals surface area contributed by atoms with E-state index in [2.05, 4.69) is 20.9 Å². The van der Waals surface area contributed by atoms with E-state index in [1.54, 1.807) is 25.3 Å². The van der Waals surface area contributed by atoms with Gasteiger partial charge < -0.3 is 5.32 Å². The lowest BCUT2D eigenvalue weighted by atomic mass is 10.0. The molecule has 1 atom stereocenters. The van der Waals surface area contributed by atoms with Crippen molar-refractivity contribution in [1.82, 2.24) is 16.2 Å². The predicted molar refractivity (Wildman–Crippen MR) is 130 cm³/mol. The molecule has 0 saturated carbocycles. The molecule has 35 heavy (non-hydrogen) atoms. The maximum absolute atomic E-state index is 13.9. The lowest BCUT2D eigenvalue weighted by Crippen LogP contribution is -2.54. The third-order valence-corrected chi connectivity index (χ3v) is 7.59. The van der Waals surface area contributed by atoms with E-state index in [1.165, 1.54) is 48.5 Å². The first-order valence-electron chi connectivity index (χ1n) is 10.4. The first-order valence-corrected chi connectivity index (χ1v) is 12.8. The van der Waals surface area contributed by atoms with Crippen LogP contribution in [0, 0.1) is 11.7 Å². The highest BCUT2D eigenvalue weighted by Gasteiger charge is 2.26. The number of halogens is 1. The Morgan fingerprint density at radius 2 is 1.57 bits per heavy atom. The van der Waals surface area contributed by atoms with Crippen LogP contribution in [0.1, 0.15) is 34.6 Å². The Morgan fingerprint density at radius 1 is 0.886 bits per heavy atom. The van der Waals surface area contributed by atoms with E-state index >= 15 is 0 Å². The van der Waals surface area contributed by atoms with Crippen LogP contribution in [0.15, 0.2) is 70.3 Å². The Kier molecular flexibility index (Phi) is 8.20. The topological polar surface area (TPSA) is 133 Å². The number of carbonyl (C=O) groups excluding carboxylic acids is 3. The van der Waals surface area contributed by atoms with Crippen molar-refractivity contribution >= 4 is 44.8 Å². The standard InChI is InChI=1S/C23H23FN4O5S2/c1-14(2)20(25-22(30)17-6-3-4-7-18(17)24)23(31)27-26-21(29)15-9-11-16(12-10-15)28-35(32,33)19-8-5-13-34-19/h3-14,20,28H,1-2H3,(H,25,30)(H,26,29)(H,27,31)/t20-/m1/s1. The third-order valence-electron chi connectivity index (χ3n) is 4.81. The Hall–Kier alpha value is -3.77. The van der Waals surface area contributed by atoms with Gasteiger partial charge >= 0.3 is 0 Å². The molecule has 184 valence electrons. The van der Waals surface area contributed by atoms with Crippen molar-refractivity contribution in [3.8, 4) is 0 Å². The smallest absolute Gasteiger partial charge is 0.271 e. The molecule has 0 bridgehead atoms. The molecule has 4 N–H and O–H groups in total. The Labute approximate surface area is 205 Å². The van der Waals surface area contributed by atoms with E-state index < -0.39 is 39.6 Å². The van der Waals surface area contributed by atoms with E-state index in [9.17, 15) is 27.2 Å². The van der Waals surface area contributed by atoms with Gasteiger partial charge in [-0.3, -0.25) is 30.0 Å². The molecule has 9 nitrogen and oxygen atoms in total. The van der Waals surface area contributed by atoms with Crippen LogP contribution in [-0.2, 0) is 14.8 Å². The molecule has 0 aliphatic carbocycles. The quantitative estimate of drug-likeness (QED) is 0.340. The van der Waals surface area contributed by atoms with Crippen molar-refractivity contribution in [1.29, 1.82) is 0 Å². The summed E-state index contributed by atoms with van der Waals surface area (Å²) in [6.07, 6.45) is 0. The molecule has 1 heterocycles. The molecule has 0 spiro atoms. The minimum Gasteiger partial charge on any atom is -0.340 e. The number of hydrazine groups is 1. The zero-order valence-corrected chi connectivity index (χ0v) is 20.4. The zero-order chi connectivity index (χ0) is 25.6. The van der Waals surface area contributed by atoms with Crippen LogP contribution in [0.25, 0.3) is 0 Å². The van der Waals surface area contributed by atoms with Crippen LogP contribution < -0.4 is 20.9 Å². The van der Waals surface area contributed by atoms with E-state index in [0.29, 0.717) is 0 Å². The normalized spacial score (nSPS) is 12.0. The molecular weight excluding hydrogens is 495 g/mol. The summed E-state index contributed by atoms with van der Waals surface area (Å²) in [5.41, 5.74) is 4.70. The minimum absolute atomic E-state index is 0.154. The average molecular weight is 519 g/mol. The summed E-state index contributed by atoms with van der Waals surface area (Å²) >= 11 is 1.07. The van der Waals surface area contributed by atoms with Gasteiger partial charge in [-0.1, -0.05) is 32.0 Å². The van der Waals surface area contributed by atoms with Gasteiger partial charge in [0.25, 0.3) is 27.7 Å². The first kappa shape index (κ1) is 25.8. The second-order valence-corrected chi connectivity index (χ2v) is 10.6. The van der Waals surface area contributed by atoms with Crippen molar-refractivity contribution in [2.45, 2.75) is 24.1 Å². The van der Waals surface area contributed by atoms with E-state index in [4.69, 9.17) is 0 Å². The van der Waals surface area contributed by atoms with Crippen LogP contribution in [0.5, 0.6) is 0 Å². The summed E-state index contributed by atoms with van der Waals surface area (Å²) in [7, 11) is -3.72. The van der Waals surface area contributed by atoms with Gasteiger partial charge in [0, 0.05) is 11.3 Å². The molecule has 0 aliphatic heterocycles. The monoisotopic (exact) mass is 518 g/mol. The molecular formula is C23H23FN4O5S2.